The minimum atomic E-state index is -0.498. The second-order valence-electron chi connectivity index (χ2n) is 6.22. The number of hydrogen-bond donors (Lipinski definition) is 2. The Hall–Kier alpha value is -3.75. The van der Waals surface area contributed by atoms with Gasteiger partial charge in [-0.05, 0) is 30.3 Å². The normalized spacial score (nSPS) is 13.9. The van der Waals surface area contributed by atoms with Gasteiger partial charge in [0.15, 0.2) is 5.82 Å². The molecule has 0 saturated carbocycles. The first kappa shape index (κ1) is 16.7. The molecule has 3 heterocycles. The van der Waals surface area contributed by atoms with Crippen molar-refractivity contribution in [2.24, 2.45) is 11.7 Å². The lowest BCUT2D eigenvalue weighted by Crippen LogP contribution is -2.52. The number of nitrogens with two attached hydrogens (primary N) is 1. The number of anilines is 2. The number of nitrogens with one attached hydrogen (secondary N) is 1. The summed E-state index contributed by atoms with van der Waals surface area (Å²) in [6.07, 6.45) is 4.98. The summed E-state index contributed by atoms with van der Waals surface area (Å²) < 4.78 is 1.66. The number of carbonyl (C=O) groups is 2. The zero-order valence-corrected chi connectivity index (χ0v) is 14.3. The fraction of sp³-hybridized carbons (Fsp3) is 0.167. The van der Waals surface area contributed by atoms with E-state index in [1.54, 1.807) is 35.1 Å². The van der Waals surface area contributed by atoms with Gasteiger partial charge >= 0.3 is 0 Å². The Bertz CT molecular complexity index is 964. The van der Waals surface area contributed by atoms with Crippen LogP contribution in [0.1, 0.15) is 10.4 Å². The molecular weight excluding hydrogens is 346 g/mol. The van der Waals surface area contributed by atoms with E-state index in [0.29, 0.717) is 30.2 Å². The van der Waals surface area contributed by atoms with Gasteiger partial charge in [-0.2, -0.15) is 5.10 Å². The van der Waals surface area contributed by atoms with Gasteiger partial charge in [-0.1, -0.05) is 0 Å². The Kier molecular flexibility index (Phi) is 4.25. The lowest BCUT2D eigenvalue weighted by molar-refractivity contribution is -0.120. The van der Waals surface area contributed by atoms with Crippen molar-refractivity contribution in [1.82, 2.24) is 19.7 Å². The number of aromatic nitrogens is 4. The number of nitrogens with zero attached hydrogens (tertiary/aromatic N) is 5. The molecule has 1 aliphatic heterocycles. The summed E-state index contributed by atoms with van der Waals surface area (Å²) in [5.74, 6) is 0.725. The number of amides is 2. The summed E-state index contributed by atoms with van der Waals surface area (Å²) in [6.45, 7) is 1.14. The SMILES string of the molecule is NC(=O)c1ccc(NC(=O)C2CN(c3cc(-n4cccn4)ncn3)C2)cc1. The molecule has 0 atom stereocenters. The van der Waals surface area contributed by atoms with E-state index in [1.165, 1.54) is 6.33 Å². The van der Waals surface area contributed by atoms with Crippen LogP contribution >= 0.6 is 0 Å². The van der Waals surface area contributed by atoms with E-state index in [4.69, 9.17) is 5.73 Å². The van der Waals surface area contributed by atoms with Crippen LogP contribution in [0.2, 0.25) is 0 Å². The van der Waals surface area contributed by atoms with Crippen LogP contribution in [0.5, 0.6) is 0 Å². The smallest absolute Gasteiger partial charge is 0.248 e. The molecule has 0 spiro atoms. The summed E-state index contributed by atoms with van der Waals surface area (Å²) in [5.41, 5.74) is 6.24. The van der Waals surface area contributed by atoms with Crippen LogP contribution in [0.15, 0.2) is 55.1 Å². The van der Waals surface area contributed by atoms with Crippen molar-refractivity contribution in [2.75, 3.05) is 23.3 Å². The Balaban J connectivity index is 1.36. The highest BCUT2D eigenvalue weighted by Gasteiger charge is 2.33. The summed E-state index contributed by atoms with van der Waals surface area (Å²) in [4.78, 5) is 33.9. The van der Waals surface area contributed by atoms with Crippen molar-refractivity contribution in [3.05, 3.63) is 60.7 Å². The molecule has 9 nitrogen and oxygen atoms in total. The van der Waals surface area contributed by atoms with Crippen molar-refractivity contribution in [3.8, 4) is 5.82 Å². The summed E-state index contributed by atoms with van der Waals surface area (Å²) >= 11 is 0. The zero-order valence-electron chi connectivity index (χ0n) is 14.3. The molecule has 1 aliphatic rings. The summed E-state index contributed by atoms with van der Waals surface area (Å²) in [5, 5.41) is 7.00. The lowest BCUT2D eigenvalue weighted by Gasteiger charge is -2.39. The average Bonchev–Trinajstić information content (AvgIpc) is 3.16. The van der Waals surface area contributed by atoms with Crippen molar-refractivity contribution in [1.29, 1.82) is 0 Å². The molecule has 0 radical (unpaired) electrons. The van der Waals surface area contributed by atoms with Crippen LogP contribution in [0.3, 0.4) is 0 Å². The van der Waals surface area contributed by atoms with Crippen LogP contribution in [0.25, 0.3) is 5.82 Å². The quantitative estimate of drug-likeness (QED) is 0.693. The molecule has 136 valence electrons. The molecule has 1 fully saturated rings. The number of primary amides is 1. The van der Waals surface area contributed by atoms with E-state index in [9.17, 15) is 9.59 Å². The van der Waals surface area contributed by atoms with Crippen molar-refractivity contribution < 1.29 is 9.59 Å². The number of rotatable bonds is 5. The first-order chi connectivity index (χ1) is 13.1. The topological polar surface area (TPSA) is 119 Å². The Labute approximate surface area is 154 Å². The maximum Gasteiger partial charge on any atom is 0.248 e. The monoisotopic (exact) mass is 363 g/mol. The van der Waals surface area contributed by atoms with E-state index in [0.717, 1.165) is 5.82 Å². The van der Waals surface area contributed by atoms with Crippen molar-refractivity contribution in [3.63, 3.8) is 0 Å². The van der Waals surface area contributed by atoms with Crippen LogP contribution < -0.4 is 16.0 Å². The van der Waals surface area contributed by atoms with E-state index in [-0.39, 0.29) is 11.8 Å². The predicted octanol–water partition coefficient (Wildman–Crippen LogP) is 0.836. The maximum atomic E-state index is 12.4. The summed E-state index contributed by atoms with van der Waals surface area (Å²) in [7, 11) is 0. The first-order valence-electron chi connectivity index (χ1n) is 8.38. The molecule has 0 aliphatic carbocycles. The lowest BCUT2D eigenvalue weighted by atomic mass is 9.99. The van der Waals surface area contributed by atoms with Gasteiger partial charge in [0.1, 0.15) is 12.1 Å². The minimum Gasteiger partial charge on any atom is -0.366 e. The minimum absolute atomic E-state index is 0.0700. The van der Waals surface area contributed by atoms with Gasteiger partial charge in [0.25, 0.3) is 0 Å². The van der Waals surface area contributed by atoms with Gasteiger partial charge in [-0.15, -0.1) is 0 Å². The molecule has 0 unspecified atom stereocenters. The van der Waals surface area contributed by atoms with E-state index in [1.807, 2.05) is 23.2 Å². The molecular formula is C18H17N7O2. The molecule has 3 N–H and O–H groups in total. The second-order valence-corrected chi connectivity index (χ2v) is 6.22. The zero-order chi connectivity index (χ0) is 18.8. The molecule has 27 heavy (non-hydrogen) atoms. The molecule has 1 aromatic carbocycles. The third kappa shape index (κ3) is 3.47. The third-order valence-corrected chi connectivity index (χ3v) is 4.39. The van der Waals surface area contributed by atoms with Crippen molar-refractivity contribution in [2.45, 2.75) is 0 Å². The van der Waals surface area contributed by atoms with Gasteiger partial charge in [0, 0.05) is 42.8 Å². The highest BCUT2D eigenvalue weighted by Crippen LogP contribution is 2.24. The second kappa shape index (κ2) is 6.87. The van der Waals surface area contributed by atoms with Gasteiger partial charge in [0.2, 0.25) is 11.8 Å². The predicted molar refractivity (Wildman–Crippen MR) is 98.4 cm³/mol. The van der Waals surface area contributed by atoms with E-state index in [2.05, 4.69) is 20.4 Å². The molecule has 1 saturated heterocycles. The standard InChI is InChI=1S/C18H17N7O2/c19-17(26)12-2-4-14(5-3-12)23-18(27)13-9-24(10-13)15-8-16(21-11-20-15)25-7-1-6-22-25/h1-8,11,13H,9-10H2,(H2,19,26)(H,23,27). The molecule has 3 aromatic rings. The molecule has 2 aromatic heterocycles. The van der Waals surface area contributed by atoms with Crippen LogP contribution in [0.4, 0.5) is 11.5 Å². The van der Waals surface area contributed by atoms with Gasteiger partial charge < -0.3 is 16.0 Å². The fourth-order valence-electron chi connectivity index (χ4n) is 2.83. The van der Waals surface area contributed by atoms with Crippen molar-refractivity contribution >= 4 is 23.3 Å². The van der Waals surface area contributed by atoms with E-state index >= 15 is 0 Å². The van der Waals surface area contributed by atoms with Gasteiger partial charge in [-0.3, -0.25) is 9.59 Å². The molecule has 9 heteroatoms. The Morgan fingerprint density at radius 3 is 2.52 bits per heavy atom. The van der Waals surface area contributed by atoms with Gasteiger partial charge in [-0.25, -0.2) is 14.6 Å². The number of hydrogen-bond acceptors (Lipinski definition) is 6. The fourth-order valence-corrected chi connectivity index (χ4v) is 2.83. The van der Waals surface area contributed by atoms with Crippen LogP contribution in [0, 0.1) is 5.92 Å². The van der Waals surface area contributed by atoms with E-state index < -0.39 is 5.91 Å². The summed E-state index contributed by atoms with van der Waals surface area (Å²) in [6, 6.07) is 10.2. The molecule has 2 amide bonds. The Morgan fingerprint density at radius 2 is 1.85 bits per heavy atom. The Morgan fingerprint density at radius 1 is 1.11 bits per heavy atom. The number of carbonyl (C=O) groups excluding carboxylic acids is 2. The number of benzene rings is 1. The van der Waals surface area contributed by atoms with Crippen LogP contribution in [-0.4, -0.2) is 44.7 Å². The third-order valence-electron chi connectivity index (χ3n) is 4.39. The highest BCUT2D eigenvalue weighted by molar-refractivity contribution is 5.96. The maximum absolute atomic E-state index is 12.4. The average molecular weight is 363 g/mol. The van der Waals surface area contributed by atoms with Gasteiger partial charge in [0.05, 0.1) is 5.92 Å². The first-order valence-corrected chi connectivity index (χ1v) is 8.38. The highest BCUT2D eigenvalue weighted by atomic mass is 16.2. The largest absolute Gasteiger partial charge is 0.366 e. The molecule has 4 rings (SSSR count). The van der Waals surface area contributed by atoms with Crippen LogP contribution in [-0.2, 0) is 4.79 Å². The molecule has 0 bridgehead atoms.